The quantitative estimate of drug-likeness (QED) is 0.822. The molecule has 7 nitrogen and oxygen atoms in total. The van der Waals surface area contributed by atoms with Gasteiger partial charge in [0.25, 0.3) is 5.91 Å². The predicted molar refractivity (Wildman–Crippen MR) is 94.3 cm³/mol. The van der Waals surface area contributed by atoms with Gasteiger partial charge >= 0.3 is 11.6 Å². The van der Waals surface area contributed by atoms with Crippen LogP contribution in [0.5, 0.6) is 5.75 Å². The Bertz CT molecular complexity index is 903. The van der Waals surface area contributed by atoms with Gasteiger partial charge in [-0.2, -0.15) is 0 Å². The molecule has 7 heteroatoms. The third-order valence-electron chi connectivity index (χ3n) is 4.66. The minimum absolute atomic E-state index is 0.362. The van der Waals surface area contributed by atoms with Crippen LogP contribution in [0.3, 0.4) is 0 Å². The van der Waals surface area contributed by atoms with E-state index in [0.717, 1.165) is 10.9 Å². The maximum Gasteiger partial charge on any atom is 0.336 e. The Hall–Kier alpha value is -2.83. The molecule has 3 rings (SSSR count). The number of aryl methyl sites for hydroxylation is 1. The molecule has 0 spiro atoms. The van der Waals surface area contributed by atoms with Crippen LogP contribution in [0.15, 0.2) is 33.5 Å². The maximum absolute atomic E-state index is 12.5. The first-order valence-electron chi connectivity index (χ1n) is 8.67. The second-order valence-corrected chi connectivity index (χ2v) is 6.39. The van der Waals surface area contributed by atoms with Gasteiger partial charge < -0.3 is 19.2 Å². The summed E-state index contributed by atoms with van der Waals surface area (Å²) in [5.41, 5.74) is 0.848. The molecule has 1 aromatic heterocycles. The number of carboxylic acids is 1. The van der Waals surface area contributed by atoms with Crippen molar-refractivity contribution < 1.29 is 23.8 Å². The van der Waals surface area contributed by atoms with Crippen LogP contribution < -0.4 is 10.4 Å². The van der Waals surface area contributed by atoms with Gasteiger partial charge in [-0.05, 0) is 43.9 Å². The van der Waals surface area contributed by atoms with E-state index < -0.39 is 23.7 Å². The topological polar surface area (TPSA) is 97.0 Å². The van der Waals surface area contributed by atoms with E-state index in [9.17, 15) is 19.5 Å². The molecule has 1 saturated heterocycles. The second kappa shape index (κ2) is 7.19. The number of likely N-dealkylation sites (tertiary alicyclic amines) is 1. The first-order chi connectivity index (χ1) is 12.4. The number of carbonyl (C=O) groups is 2. The van der Waals surface area contributed by atoms with Crippen LogP contribution in [-0.2, 0) is 16.0 Å². The normalized spacial score (nSPS) is 18.1. The van der Waals surface area contributed by atoms with Gasteiger partial charge in [0.2, 0.25) is 0 Å². The number of hydrogen-bond acceptors (Lipinski definition) is 5. The Morgan fingerprint density at radius 1 is 1.38 bits per heavy atom. The minimum Gasteiger partial charge on any atom is -0.481 e. The van der Waals surface area contributed by atoms with Crippen molar-refractivity contribution in [2.45, 2.75) is 45.3 Å². The van der Waals surface area contributed by atoms with Gasteiger partial charge in [-0.3, -0.25) is 4.79 Å². The third kappa shape index (κ3) is 3.42. The van der Waals surface area contributed by atoms with E-state index in [4.69, 9.17) is 9.15 Å². The minimum atomic E-state index is -0.998. The highest BCUT2D eigenvalue weighted by molar-refractivity contribution is 5.87. The molecule has 0 bridgehead atoms. The number of fused-ring (bicyclic) bond motifs is 1. The zero-order valence-electron chi connectivity index (χ0n) is 14.7. The molecule has 0 saturated carbocycles. The van der Waals surface area contributed by atoms with Gasteiger partial charge in [-0.1, -0.05) is 6.92 Å². The van der Waals surface area contributed by atoms with Crippen LogP contribution in [0.4, 0.5) is 0 Å². The number of rotatable bonds is 5. The van der Waals surface area contributed by atoms with Crippen molar-refractivity contribution in [2.24, 2.45) is 0 Å². The Labute approximate surface area is 150 Å². The van der Waals surface area contributed by atoms with Crippen molar-refractivity contribution in [1.29, 1.82) is 0 Å². The van der Waals surface area contributed by atoms with E-state index in [1.54, 1.807) is 25.1 Å². The van der Waals surface area contributed by atoms with E-state index in [1.165, 1.54) is 11.0 Å². The van der Waals surface area contributed by atoms with Gasteiger partial charge in [0.1, 0.15) is 17.4 Å². The van der Waals surface area contributed by atoms with E-state index in [-0.39, 0.29) is 5.91 Å². The molecule has 138 valence electrons. The fraction of sp³-hybridized carbons (Fsp3) is 0.421. The molecule has 1 aliphatic rings. The van der Waals surface area contributed by atoms with Crippen LogP contribution in [0, 0.1) is 0 Å². The van der Waals surface area contributed by atoms with Gasteiger partial charge in [0.15, 0.2) is 6.10 Å². The van der Waals surface area contributed by atoms with Crippen molar-refractivity contribution in [3.8, 4) is 5.75 Å². The lowest BCUT2D eigenvalue weighted by Gasteiger charge is -2.25. The number of carbonyl (C=O) groups excluding carboxylic acids is 1. The summed E-state index contributed by atoms with van der Waals surface area (Å²) in [6, 6.07) is 5.76. The molecule has 1 amide bonds. The van der Waals surface area contributed by atoms with Gasteiger partial charge in [0, 0.05) is 24.1 Å². The number of ether oxygens (including phenoxy) is 1. The maximum atomic E-state index is 12.5. The largest absolute Gasteiger partial charge is 0.481 e. The number of carboxylic acid groups (broad SMARTS) is 1. The molecule has 1 fully saturated rings. The molecule has 2 aromatic rings. The fourth-order valence-electron chi connectivity index (χ4n) is 3.35. The van der Waals surface area contributed by atoms with Crippen molar-refractivity contribution in [1.82, 2.24) is 4.90 Å². The number of hydrogen-bond donors (Lipinski definition) is 1. The van der Waals surface area contributed by atoms with Crippen molar-refractivity contribution in [3.63, 3.8) is 0 Å². The van der Waals surface area contributed by atoms with E-state index >= 15 is 0 Å². The molecular formula is C19H21NO6. The smallest absolute Gasteiger partial charge is 0.336 e. The fourth-order valence-corrected chi connectivity index (χ4v) is 3.35. The van der Waals surface area contributed by atoms with E-state index in [2.05, 4.69) is 0 Å². The highest BCUT2D eigenvalue weighted by atomic mass is 16.5. The molecule has 2 heterocycles. The summed E-state index contributed by atoms with van der Waals surface area (Å²) in [5, 5.41) is 10.0. The van der Waals surface area contributed by atoms with E-state index in [0.29, 0.717) is 37.1 Å². The second-order valence-electron chi connectivity index (χ2n) is 6.39. The van der Waals surface area contributed by atoms with Crippen LogP contribution in [0.25, 0.3) is 11.0 Å². The SMILES string of the molecule is CCc1cc(=O)oc2cc(O[C@@H](C)C(=O)N3CCC[C@H]3C(=O)O)ccc12. The lowest BCUT2D eigenvalue weighted by molar-refractivity contribution is -0.150. The van der Waals surface area contributed by atoms with Gasteiger partial charge in [0.05, 0.1) is 0 Å². The summed E-state index contributed by atoms with van der Waals surface area (Å²) >= 11 is 0. The molecule has 2 atom stereocenters. The molecule has 0 aliphatic carbocycles. The van der Waals surface area contributed by atoms with Crippen LogP contribution in [-0.4, -0.2) is 40.6 Å². The summed E-state index contributed by atoms with van der Waals surface area (Å²) < 4.78 is 10.9. The summed E-state index contributed by atoms with van der Waals surface area (Å²) in [6.45, 7) is 3.95. The number of aliphatic carboxylic acids is 1. The van der Waals surface area contributed by atoms with E-state index in [1.807, 2.05) is 6.92 Å². The average molecular weight is 359 g/mol. The Morgan fingerprint density at radius 3 is 2.85 bits per heavy atom. The summed E-state index contributed by atoms with van der Waals surface area (Å²) in [5.74, 6) is -0.970. The summed E-state index contributed by atoms with van der Waals surface area (Å²) in [4.78, 5) is 36.8. The van der Waals surface area contributed by atoms with Crippen molar-refractivity contribution in [3.05, 3.63) is 40.2 Å². The molecule has 0 radical (unpaired) electrons. The molecule has 1 aromatic carbocycles. The molecular weight excluding hydrogens is 338 g/mol. The number of benzene rings is 1. The zero-order valence-corrected chi connectivity index (χ0v) is 14.7. The van der Waals surface area contributed by atoms with Crippen molar-refractivity contribution in [2.75, 3.05) is 6.54 Å². The van der Waals surface area contributed by atoms with Gasteiger partial charge in [-0.15, -0.1) is 0 Å². The van der Waals surface area contributed by atoms with Crippen LogP contribution in [0.2, 0.25) is 0 Å². The Balaban J connectivity index is 1.81. The molecule has 0 unspecified atom stereocenters. The van der Waals surface area contributed by atoms with Crippen molar-refractivity contribution >= 4 is 22.8 Å². The standard InChI is InChI=1S/C19H21NO6/c1-3-12-9-17(21)26-16-10-13(6-7-14(12)16)25-11(2)18(22)20-8-4-5-15(20)19(23)24/h6-7,9-11,15H,3-5,8H2,1-2H3,(H,23,24)/t11-,15-/m0/s1. The van der Waals surface area contributed by atoms with Crippen LogP contribution in [0.1, 0.15) is 32.3 Å². The summed E-state index contributed by atoms with van der Waals surface area (Å²) in [6.07, 6.45) is 0.974. The molecule has 1 N–H and O–H groups in total. The third-order valence-corrected chi connectivity index (χ3v) is 4.66. The first-order valence-corrected chi connectivity index (χ1v) is 8.67. The number of amides is 1. The molecule has 26 heavy (non-hydrogen) atoms. The number of nitrogens with zero attached hydrogens (tertiary/aromatic N) is 1. The highest BCUT2D eigenvalue weighted by Gasteiger charge is 2.36. The molecule has 1 aliphatic heterocycles. The van der Waals surface area contributed by atoms with Gasteiger partial charge in [-0.25, -0.2) is 9.59 Å². The average Bonchev–Trinajstić information content (AvgIpc) is 3.09. The lowest BCUT2D eigenvalue weighted by Crippen LogP contribution is -2.46. The summed E-state index contributed by atoms with van der Waals surface area (Å²) in [7, 11) is 0. The Kier molecular flexibility index (Phi) is 4.97. The Morgan fingerprint density at radius 2 is 2.15 bits per heavy atom. The highest BCUT2D eigenvalue weighted by Crippen LogP contribution is 2.25. The monoisotopic (exact) mass is 359 g/mol. The van der Waals surface area contributed by atoms with Crippen LogP contribution >= 0.6 is 0 Å². The predicted octanol–water partition coefficient (Wildman–Crippen LogP) is 2.20. The zero-order chi connectivity index (χ0) is 18.8. The lowest BCUT2D eigenvalue weighted by atomic mass is 10.1. The first kappa shape index (κ1) is 18.0.